The van der Waals surface area contributed by atoms with Crippen LogP contribution < -0.4 is 0 Å². The predicted octanol–water partition coefficient (Wildman–Crippen LogP) is 4.58. The molecule has 2 heterocycles. The number of benzene rings is 2. The lowest BCUT2D eigenvalue weighted by atomic mass is 10.2. The first kappa shape index (κ1) is 16.4. The summed E-state index contributed by atoms with van der Waals surface area (Å²) in [7, 11) is 3.47. The van der Waals surface area contributed by atoms with Crippen LogP contribution in [0.1, 0.15) is 23.7 Å². The van der Waals surface area contributed by atoms with Gasteiger partial charge in [0, 0.05) is 20.9 Å². The van der Waals surface area contributed by atoms with Gasteiger partial charge >= 0.3 is 0 Å². The van der Waals surface area contributed by atoms with E-state index in [2.05, 4.69) is 48.5 Å². The molecule has 0 unspecified atom stereocenters. The molecule has 4 rings (SSSR count). The molecule has 0 saturated carbocycles. The first-order chi connectivity index (χ1) is 11.9. The van der Waals surface area contributed by atoms with Gasteiger partial charge in [0.2, 0.25) is 0 Å². The third kappa shape index (κ3) is 3.96. The minimum Gasteiger partial charge on any atom is -0.346 e. The lowest BCUT2D eigenvalue weighted by Gasteiger charge is -2.10. The maximum absolute atomic E-state index is 5.51. The Morgan fingerprint density at radius 3 is 1.21 bits per heavy atom. The molecule has 4 nitrogen and oxygen atoms in total. The Morgan fingerprint density at radius 1 is 0.542 bits per heavy atom. The summed E-state index contributed by atoms with van der Waals surface area (Å²) in [5.74, 6) is 0. The fourth-order valence-corrected chi connectivity index (χ4v) is 4.49. The van der Waals surface area contributed by atoms with Gasteiger partial charge in [-0.3, -0.25) is 0 Å². The van der Waals surface area contributed by atoms with Crippen LogP contribution in [0.4, 0.5) is 0 Å². The molecular weight excluding hydrogens is 344 g/mol. The minimum absolute atomic E-state index is 0.204. The topological polar surface area (TPSA) is 36.9 Å². The molecule has 0 bridgehead atoms. The summed E-state index contributed by atoms with van der Waals surface area (Å²) < 4.78 is 22.0. The molecule has 0 atom stereocenters. The van der Waals surface area contributed by atoms with Gasteiger partial charge in [0.05, 0.1) is 26.4 Å². The average Bonchev–Trinajstić information content (AvgIpc) is 3.34. The normalized spacial score (nSPS) is 19.2. The van der Waals surface area contributed by atoms with E-state index in [4.69, 9.17) is 18.9 Å². The van der Waals surface area contributed by atoms with Crippen LogP contribution >= 0.6 is 21.6 Å². The van der Waals surface area contributed by atoms with Crippen LogP contribution in [0, 0.1) is 0 Å². The van der Waals surface area contributed by atoms with E-state index in [-0.39, 0.29) is 12.6 Å². The zero-order chi connectivity index (χ0) is 16.2. The lowest BCUT2D eigenvalue weighted by molar-refractivity contribution is -0.0443. The van der Waals surface area contributed by atoms with Crippen LogP contribution in [0.5, 0.6) is 0 Å². The van der Waals surface area contributed by atoms with Gasteiger partial charge in [0.15, 0.2) is 12.6 Å². The van der Waals surface area contributed by atoms with Crippen molar-refractivity contribution < 1.29 is 18.9 Å². The summed E-state index contributed by atoms with van der Waals surface area (Å²) in [6.45, 7) is 2.68. The highest BCUT2D eigenvalue weighted by Gasteiger charge is 2.18. The molecule has 2 aromatic carbocycles. The largest absolute Gasteiger partial charge is 0.346 e. The Balaban J connectivity index is 1.32. The van der Waals surface area contributed by atoms with Crippen LogP contribution in [-0.2, 0) is 18.9 Å². The summed E-state index contributed by atoms with van der Waals surface area (Å²) in [5.41, 5.74) is 2.14. The van der Waals surface area contributed by atoms with Crippen molar-refractivity contribution in [3.63, 3.8) is 0 Å². The van der Waals surface area contributed by atoms with E-state index in [1.807, 2.05) is 0 Å². The molecule has 2 aromatic rings. The predicted molar refractivity (Wildman–Crippen MR) is 93.9 cm³/mol. The van der Waals surface area contributed by atoms with Crippen molar-refractivity contribution in [2.24, 2.45) is 0 Å². The van der Waals surface area contributed by atoms with Crippen molar-refractivity contribution in [3.8, 4) is 0 Å². The summed E-state index contributed by atoms with van der Waals surface area (Å²) in [5, 5.41) is 0. The molecule has 0 amide bonds. The fraction of sp³-hybridized carbons (Fsp3) is 0.333. The van der Waals surface area contributed by atoms with Crippen molar-refractivity contribution in [3.05, 3.63) is 59.7 Å². The van der Waals surface area contributed by atoms with Gasteiger partial charge in [-0.2, -0.15) is 0 Å². The van der Waals surface area contributed by atoms with Crippen LogP contribution in [0.2, 0.25) is 0 Å². The van der Waals surface area contributed by atoms with E-state index < -0.39 is 0 Å². The SMILES string of the molecule is c1cc(C2OCCO2)ccc1SSc1ccc(C2OCCO2)cc1. The fourth-order valence-electron chi connectivity index (χ4n) is 2.56. The van der Waals surface area contributed by atoms with Crippen molar-refractivity contribution in [2.75, 3.05) is 26.4 Å². The van der Waals surface area contributed by atoms with E-state index in [9.17, 15) is 0 Å². The number of hydrogen-bond acceptors (Lipinski definition) is 6. The van der Waals surface area contributed by atoms with E-state index >= 15 is 0 Å². The maximum atomic E-state index is 5.51. The second-order valence-corrected chi connectivity index (χ2v) is 7.73. The summed E-state index contributed by atoms with van der Waals surface area (Å²) in [4.78, 5) is 2.40. The van der Waals surface area contributed by atoms with Gasteiger partial charge in [-0.15, -0.1) is 0 Å². The Bertz CT molecular complexity index is 588. The van der Waals surface area contributed by atoms with Crippen LogP contribution in [-0.4, -0.2) is 26.4 Å². The van der Waals surface area contributed by atoms with Gasteiger partial charge in [0.25, 0.3) is 0 Å². The Kier molecular flexibility index (Phi) is 5.42. The summed E-state index contributed by atoms with van der Waals surface area (Å²) in [6, 6.07) is 16.7. The molecule has 0 aromatic heterocycles. The minimum atomic E-state index is -0.204. The van der Waals surface area contributed by atoms with E-state index in [0.29, 0.717) is 26.4 Å². The van der Waals surface area contributed by atoms with Gasteiger partial charge in [0.1, 0.15) is 0 Å². The third-order valence-electron chi connectivity index (χ3n) is 3.78. The van der Waals surface area contributed by atoms with Crippen LogP contribution in [0.25, 0.3) is 0 Å². The molecule has 24 heavy (non-hydrogen) atoms. The van der Waals surface area contributed by atoms with Crippen LogP contribution in [0.3, 0.4) is 0 Å². The Hall–Kier alpha value is -1.02. The number of hydrogen-bond donors (Lipinski definition) is 0. The highest BCUT2D eigenvalue weighted by molar-refractivity contribution is 8.76. The Labute approximate surface area is 149 Å². The van der Waals surface area contributed by atoms with E-state index in [1.165, 1.54) is 9.79 Å². The Morgan fingerprint density at radius 2 is 0.875 bits per heavy atom. The first-order valence-electron chi connectivity index (χ1n) is 7.89. The standard InChI is InChI=1S/C18H18O4S2/c1-5-15(6-2-13(1)17-19-9-10-20-17)23-24-16-7-3-14(4-8-16)18-21-11-12-22-18/h1-8,17-18H,9-12H2. The second kappa shape index (κ2) is 7.91. The number of rotatable bonds is 5. The molecule has 0 radical (unpaired) electrons. The second-order valence-electron chi connectivity index (χ2n) is 5.45. The zero-order valence-corrected chi connectivity index (χ0v) is 14.7. The zero-order valence-electron chi connectivity index (χ0n) is 13.1. The van der Waals surface area contributed by atoms with E-state index in [1.54, 1.807) is 21.6 Å². The molecule has 126 valence electrons. The van der Waals surface area contributed by atoms with Crippen LogP contribution in [0.15, 0.2) is 58.3 Å². The smallest absolute Gasteiger partial charge is 0.184 e. The first-order valence-corrected chi connectivity index (χ1v) is 10.0. The summed E-state index contributed by atoms with van der Waals surface area (Å²) in [6.07, 6.45) is -0.409. The molecule has 2 saturated heterocycles. The molecule has 0 spiro atoms. The third-order valence-corrected chi connectivity index (χ3v) is 6.20. The quantitative estimate of drug-likeness (QED) is 0.725. The maximum Gasteiger partial charge on any atom is 0.184 e. The van der Waals surface area contributed by atoms with Gasteiger partial charge < -0.3 is 18.9 Å². The molecule has 2 aliphatic heterocycles. The van der Waals surface area contributed by atoms with Gasteiger partial charge in [-0.05, 0) is 24.3 Å². The molecular formula is C18H18O4S2. The van der Waals surface area contributed by atoms with Gasteiger partial charge in [-0.25, -0.2) is 0 Å². The van der Waals surface area contributed by atoms with Crippen molar-refractivity contribution in [2.45, 2.75) is 22.4 Å². The molecule has 2 aliphatic rings. The van der Waals surface area contributed by atoms with E-state index in [0.717, 1.165) is 11.1 Å². The lowest BCUT2D eigenvalue weighted by Crippen LogP contribution is -1.97. The molecule has 6 heteroatoms. The van der Waals surface area contributed by atoms with Crippen molar-refractivity contribution in [1.29, 1.82) is 0 Å². The van der Waals surface area contributed by atoms with Crippen molar-refractivity contribution >= 4 is 21.6 Å². The molecule has 2 fully saturated rings. The highest BCUT2D eigenvalue weighted by atomic mass is 33.1. The average molecular weight is 362 g/mol. The monoisotopic (exact) mass is 362 g/mol. The van der Waals surface area contributed by atoms with Crippen molar-refractivity contribution in [1.82, 2.24) is 0 Å². The van der Waals surface area contributed by atoms with Gasteiger partial charge in [-0.1, -0.05) is 45.9 Å². The molecule has 0 N–H and O–H groups in total. The highest BCUT2D eigenvalue weighted by Crippen LogP contribution is 2.38. The summed E-state index contributed by atoms with van der Waals surface area (Å²) >= 11 is 0. The molecule has 0 aliphatic carbocycles. The number of ether oxygens (including phenoxy) is 4.